The molecule has 0 aromatic heterocycles. The highest BCUT2D eigenvalue weighted by molar-refractivity contribution is 6.55. The van der Waals surface area contributed by atoms with Crippen LogP contribution in [0, 0.1) is 0 Å². The van der Waals surface area contributed by atoms with Gasteiger partial charge in [-0.3, -0.25) is 9.59 Å². The molecule has 0 bridgehead atoms. The van der Waals surface area contributed by atoms with E-state index in [1.807, 2.05) is 30.3 Å². The quantitative estimate of drug-likeness (QED) is 0.834. The number of nitrogens with one attached hydrogen (secondary N) is 1. The third kappa shape index (κ3) is 2.64. The number of hydrogen-bond acceptors (Lipinski definition) is 4. The van der Waals surface area contributed by atoms with E-state index in [2.05, 4.69) is 5.32 Å². The average Bonchev–Trinajstić information content (AvgIpc) is 2.44. The summed E-state index contributed by atoms with van der Waals surface area (Å²) in [5.74, 6) is -1.21. The highest BCUT2D eigenvalue weighted by Crippen LogP contribution is 2.25. The third-order valence-corrected chi connectivity index (χ3v) is 3.37. The van der Waals surface area contributed by atoms with Gasteiger partial charge < -0.3 is 11.1 Å². The van der Waals surface area contributed by atoms with Crippen LogP contribution in [-0.2, 0) is 16.1 Å². The molecule has 0 saturated heterocycles. The zero-order valence-electron chi connectivity index (χ0n) is 9.74. The zero-order chi connectivity index (χ0) is 14.0. The van der Waals surface area contributed by atoms with E-state index in [1.165, 1.54) is 0 Å². The first-order chi connectivity index (χ1) is 9.02. The number of Topliss-reactive ketones (excluding diaryl/α,β-unsaturated/α-hetero) is 2. The van der Waals surface area contributed by atoms with E-state index in [0.717, 1.165) is 5.56 Å². The fraction of sp³-hybridized carbons (Fsp3) is 0.0769. The molecule has 1 aromatic carbocycles. The highest BCUT2D eigenvalue weighted by atomic mass is 35.5. The number of hydrogen-bond donors (Lipinski definition) is 2. The summed E-state index contributed by atoms with van der Waals surface area (Å²) in [5, 5.41) is 2.29. The maximum absolute atomic E-state index is 11.9. The lowest BCUT2D eigenvalue weighted by molar-refractivity contribution is -0.116. The Kier molecular flexibility index (Phi) is 3.93. The van der Waals surface area contributed by atoms with Crippen molar-refractivity contribution in [2.75, 3.05) is 0 Å². The van der Waals surface area contributed by atoms with Gasteiger partial charge in [-0.2, -0.15) is 0 Å². The summed E-state index contributed by atoms with van der Waals surface area (Å²) in [5.41, 5.74) is 6.01. The molecule has 0 amide bonds. The maximum atomic E-state index is 11.9. The van der Waals surface area contributed by atoms with Gasteiger partial charge in [-0.1, -0.05) is 53.5 Å². The van der Waals surface area contributed by atoms with Crippen LogP contribution < -0.4 is 11.1 Å². The van der Waals surface area contributed by atoms with E-state index in [4.69, 9.17) is 28.9 Å². The van der Waals surface area contributed by atoms with Crippen LogP contribution in [0.4, 0.5) is 0 Å². The monoisotopic (exact) mass is 296 g/mol. The van der Waals surface area contributed by atoms with Crippen LogP contribution in [0.2, 0.25) is 0 Å². The Morgan fingerprint density at radius 1 is 1.00 bits per heavy atom. The van der Waals surface area contributed by atoms with Gasteiger partial charge >= 0.3 is 0 Å². The minimum atomic E-state index is -0.637. The second-order valence-electron chi connectivity index (χ2n) is 3.91. The van der Waals surface area contributed by atoms with E-state index in [0.29, 0.717) is 6.54 Å². The molecular formula is C13H10Cl2N2O2. The second-order valence-corrected chi connectivity index (χ2v) is 4.67. The molecule has 2 rings (SSSR count). The summed E-state index contributed by atoms with van der Waals surface area (Å²) in [7, 11) is 0. The molecule has 19 heavy (non-hydrogen) atoms. The van der Waals surface area contributed by atoms with E-state index < -0.39 is 11.6 Å². The molecule has 0 aliphatic heterocycles. The summed E-state index contributed by atoms with van der Waals surface area (Å²) in [6.45, 7) is 0.357. The topological polar surface area (TPSA) is 72.2 Å². The van der Waals surface area contributed by atoms with Crippen LogP contribution in [0.25, 0.3) is 0 Å². The number of ketones is 2. The van der Waals surface area contributed by atoms with Crippen molar-refractivity contribution < 1.29 is 9.59 Å². The number of halogens is 2. The van der Waals surface area contributed by atoms with E-state index in [-0.39, 0.29) is 21.5 Å². The Hall–Kier alpha value is -1.78. The Balaban J connectivity index is 2.21. The van der Waals surface area contributed by atoms with Crippen LogP contribution in [0.3, 0.4) is 0 Å². The first-order valence-electron chi connectivity index (χ1n) is 5.44. The fourth-order valence-corrected chi connectivity index (χ4v) is 2.04. The van der Waals surface area contributed by atoms with Gasteiger partial charge in [0, 0.05) is 6.54 Å². The van der Waals surface area contributed by atoms with Crippen molar-refractivity contribution in [1.29, 1.82) is 0 Å². The normalized spacial score (nSPS) is 16.1. The summed E-state index contributed by atoms with van der Waals surface area (Å²) < 4.78 is 0. The molecule has 0 atom stereocenters. The molecular weight excluding hydrogens is 287 g/mol. The average molecular weight is 297 g/mol. The Bertz CT molecular complexity index is 606. The van der Waals surface area contributed by atoms with Crippen molar-refractivity contribution in [1.82, 2.24) is 5.32 Å². The minimum absolute atomic E-state index is 0.0188. The summed E-state index contributed by atoms with van der Waals surface area (Å²) in [4.78, 5) is 23.5. The van der Waals surface area contributed by atoms with Gasteiger partial charge in [0.25, 0.3) is 0 Å². The molecule has 3 N–H and O–H groups in total. The number of nitrogens with two attached hydrogens (primary N) is 1. The number of allylic oxidation sites excluding steroid dienone is 2. The van der Waals surface area contributed by atoms with Crippen molar-refractivity contribution in [3.05, 3.63) is 57.4 Å². The molecule has 1 aliphatic carbocycles. The van der Waals surface area contributed by atoms with Crippen molar-refractivity contribution in [2.45, 2.75) is 6.54 Å². The van der Waals surface area contributed by atoms with Gasteiger partial charge in [0.2, 0.25) is 11.6 Å². The number of benzene rings is 1. The Morgan fingerprint density at radius 2 is 1.63 bits per heavy atom. The number of rotatable bonds is 3. The van der Waals surface area contributed by atoms with E-state index in [9.17, 15) is 9.59 Å². The molecule has 0 heterocycles. The predicted molar refractivity (Wildman–Crippen MR) is 73.2 cm³/mol. The zero-order valence-corrected chi connectivity index (χ0v) is 11.3. The molecule has 0 saturated carbocycles. The minimum Gasteiger partial charge on any atom is -0.394 e. The standard InChI is InChI=1S/C13H10Cl2N2O2/c14-8-10(16)12(18)9(15)11(13(8)19)17-6-7-4-2-1-3-5-7/h1-5,17H,6,16H2. The summed E-state index contributed by atoms with van der Waals surface area (Å²) in [6.07, 6.45) is 0. The summed E-state index contributed by atoms with van der Waals surface area (Å²) in [6, 6.07) is 9.37. The van der Waals surface area contributed by atoms with Crippen molar-refractivity contribution in [3.63, 3.8) is 0 Å². The van der Waals surface area contributed by atoms with Crippen LogP contribution in [-0.4, -0.2) is 11.6 Å². The van der Waals surface area contributed by atoms with Crippen LogP contribution in [0.5, 0.6) is 0 Å². The lowest BCUT2D eigenvalue weighted by Gasteiger charge is -2.17. The molecule has 4 nitrogen and oxygen atoms in total. The first kappa shape index (κ1) is 13.6. The maximum Gasteiger partial charge on any atom is 0.224 e. The van der Waals surface area contributed by atoms with E-state index >= 15 is 0 Å². The number of carbonyl (C=O) groups excluding carboxylic acids is 2. The van der Waals surface area contributed by atoms with Gasteiger partial charge in [0.1, 0.15) is 21.5 Å². The van der Waals surface area contributed by atoms with Crippen molar-refractivity contribution in [3.8, 4) is 0 Å². The first-order valence-corrected chi connectivity index (χ1v) is 6.20. The van der Waals surface area contributed by atoms with E-state index in [1.54, 1.807) is 0 Å². The Labute approximate surface area is 119 Å². The molecule has 0 unspecified atom stereocenters. The van der Waals surface area contributed by atoms with Gasteiger partial charge in [-0.25, -0.2) is 0 Å². The lowest BCUT2D eigenvalue weighted by atomic mass is 10.1. The second kappa shape index (κ2) is 5.47. The molecule has 98 valence electrons. The molecule has 0 fully saturated rings. The Morgan fingerprint density at radius 3 is 2.26 bits per heavy atom. The highest BCUT2D eigenvalue weighted by Gasteiger charge is 2.31. The molecule has 1 aromatic rings. The van der Waals surface area contributed by atoms with Gasteiger partial charge in [0.15, 0.2) is 0 Å². The molecule has 0 radical (unpaired) electrons. The summed E-state index contributed by atoms with van der Waals surface area (Å²) >= 11 is 11.5. The van der Waals surface area contributed by atoms with Crippen molar-refractivity contribution >= 4 is 34.8 Å². The smallest absolute Gasteiger partial charge is 0.224 e. The molecule has 1 aliphatic rings. The van der Waals surface area contributed by atoms with Gasteiger partial charge in [-0.05, 0) is 5.56 Å². The predicted octanol–water partition coefficient (Wildman–Crippen LogP) is 1.79. The largest absolute Gasteiger partial charge is 0.394 e. The number of carbonyl (C=O) groups is 2. The third-order valence-electron chi connectivity index (χ3n) is 2.64. The molecule has 6 heteroatoms. The van der Waals surface area contributed by atoms with Crippen LogP contribution in [0.1, 0.15) is 5.56 Å². The molecule has 0 spiro atoms. The van der Waals surface area contributed by atoms with Gasteiger partial charge in [0.05, 0.1) is 0 Å². The van der Waals surface area contributed by atoms with Crippen molar-refractivity contribution in [2.24, 2.45) is 5.73 Å². The SMILES string of the molecule is NC1=C(Cl)C(=O)C(NCc2ccccc2)=C(Cl)C1=O. The van der Waals surface area contributed by atoms with Crippen LogP contribution >= 0.6 is 23.2 Å². The fourth-order valence-electron chi connectivity index (χ4n) is 1.61. The van der Waals surface area contributed by atoms with Crippen LogP contribution in [0.15, 0.2) is 51.8 Å². The lowest BCUT2D eigenvalue weighted by Crippen LogP contribution is -2.31. The van der Waals surface area contributed by atoms with Gasteiger partial charge in [-0.15, -0.1) is 0 Å².